The van der Waals surface area contributed by atoms with E-state index in [9.17, 15) is 18.8 Å². The number of nitrogens with one attached hydrogen (secondary N) is 2. The van der Waals surface area contributed by atoms with Crippen molar-refractivity contribution in [1.82, 2.24) is 15.3 Å². The minimum Gasteiger partial charge on any atom is -0.311 e. The lowest BCUT2D eigenvalue weighted by molar-refractivity contribution is -0.129. The van der Waals surface area contributed by atoms with Crippen LogP contribution in [-0.4, -0.2) is 40.5 Å². The van der Waals surface area contributed by atoms with Crippen molar-refractivity contribution in [3.63, 3.8) is 0 Å². The number of hydrazine groups is 1. The number of amides is 5. The molecule has 1 saturated heterocycles. The van der Waals surface area contributed by atoms with Crippen molar-refractivity contribution in [2.45, 2.75) is 19.4 Å². The van der Waals surface area contributed by atoms with Gasteiger partial charge in [-0.25, -0.2) is 19.4 Å². The quantitative estimate of drug-likeness (QED) is 0.626. The van der Waals surface area contributed by atoms with Crippen LogP contribution < -0.4 is 10.7 Å². The van der Waals surface area contributed by atoms with Gasteiger partial charge in [0.05, 0.1) is 5.69 Å². The second-order valence-corrected chi connectivity index (χ2v) is 7.74. The van der Waals surface area contributed by atoms with Crippen molar-refractivity contribution < 1.29 is 18.8 Å². The fourth-order valence-electron chi connectivity index (χ4n) is 2.84. The van der Waals surface area contributed by atoms with Gasteiger partial charge < -0.3 is 10.2 Å². The molecule has 7 nitrogen and oxygen atoms in total. The first-order chi connectivity index (χ1) is 13.8. The average Bonchev–Trinajstić information content (AvgIpc) is 2.87. The third-order valence-electron chi connectivity index (χ3n) is 4.43. The molecule has 2 aromatic rings. The van der Waals surface area contributed by atoms with Crippen LogP contribution in [0.2, 0.25) is 5.02 Å². The lowest BCUT2D eigenvalue weighted by Crippen LogP contribution is -2.48. The molecule has 10 heteroatoms. The van der Waals surface area contributed by atoms with Gasteiger partial charge >= 0.3 is 12.1 Å². The summed E-state index contributed by atoms with van der Waals surface area (Å²) >= 11 is 8.98. The van der Waals surface area contributed by atoms with E-state index in [0.717, 1.165) is 5.56 Å². The largest absolute Gasteiger partial charge is 0.346 e. The number of hydrogen-bond acceptors (Lipinski definition) is 3. The van der Waals surface area contributed by atoms with Gasteiger partial charge in [-0.2, -0.15) is 5.01 Å². The van der Waals surface area contributed by atoms with Crippen molar-refractivity contribution in [2.75, 3.05) is 11.9 Å². The molecule has 1 heterocycles. The summed E-state index contributed by atoms with van der Waals surface area (Å²) in [6, 6.07) is 8.97. The second-order valence-electron chi connectivity index (χ2n) is 6.39. The van der Waals surface area contributed by atoms with Crippen molar-refractivity contribution >= 4 is 51.2 Å². The molecule has 1 unspecified atom stereocenters. The van der Waals surface area contributed by atoms with Crippen molar-refractivity contribution in [3.8, 4) is 0 Å². The van der Waals surface area contributed by atoms with Gasteiger partial charge in [-0.1, -0.05) is 39.7 Å². The number of carbonyl (C=O) groups is 3. The Labute approximate surface area is 179 Å². The topological polar surface area (TPSA) is 81.8 Å². The first-order valence-electron chi connectivity index (χ1n) is 8.68. The van der Waals surface area contributed by atoms with E-state index in [4.69, 9.17) is 11.6 Å². The summed E-state index contributed by atoms with van der Waals surface area (Å²) in [6.07, 6.45) is 0.519. The van der Waals surface area contributed by atoms with Crippen molar-refractivity contribution in [1.29, 1.82) is 0 Å². The monoisotopic (exact) mass is 482 g/mol. The van der Waals surface area contributed by atoms with E-state index in [1.807, 2.05) is 12.1 Å². The highest BCUT2D eigenvalue weighted by Gasteiger charge is 2.43. The van der Waals surface area contributed by atoms with Gasteiger partial charge in [0.15, 0.2) is 0 Å². The molecule has 0 aliphatic carbocycles. The van der Waals surface area contributed by atoms with Crippen LogP contribution >= 0.6 is 27.5 Å². The molecule has 152 valence electrons. The summed E-state index contributed by atoms with van der Waals surface area (Å²) in [6.45, 7) is 1.87. The van der Waals surface area contributed by atoms with Crippen molar-refractivity contribution in [2.24, 2.45) is 0 Å². The second kappa shape index (κ2) is 8.79. The molecule has 1 aliphatic heterocycles. The van der Waals surface area contributed by atoms with Crippen LogP contribution in [0.1, 0.15) is 12.5 Å². The summed E-state index contributed by atoms with van der Waals surface area (Å²) < 4.78 is 14.4. The Balaban J connectivity index is 1.62. The number of anilines is 1. The minimum atomic E-state index is -0.903. The molecule has 1 fully saturated rings. The number of benzene rings is 2. The summed E-state index contributed by atoms with van der Waals surface area (Å²) in [5.41, 5.74) is 3.05. The standard InChI is InChI=1S/C19H17BrClFN4O3/c1-11-17(27)26(24-18(28)23-16-7-4-13(20)10-15(16)22)19(29)25(11)9-8-12-2-5-14(21)6-3-12/h2-7,10-11H,8-9H2,1H3,(H2,23,24,28). The Kier molecular flexibility index (Phi) is 6.39. The first kappa shape index (κ1) is 21.1. The lowest BCUT2D eigenvalue weighted by Gasteiger charge is -2.19. The highest BCUT2D eigenvalue weighted by Crippen LogP contribution is 2.20. The van der Waals surface area contributed by atoms with Crippen LogP contribution in [0, 0.1) is 5.82 Å². The normalized spacial score (nSPS) is 16.3. The van der Waals surface area contributed by atoms with E-state index < -0.39 is 29.8 Å². The number of rotatable bonds is 5. The van der Waals surface area contributed by atoms with Gasteiger partial charge in [0.1, 0.15) is 11.9 Å². The van der Waals surface area contributed by atoms with Crippen LogP contribution in [0.15, 0.2) is 46.9 Å². The number of carbonyl (C=O) groups excluding carboxylic acids is 3. The fourth-order valence-corrected chi connectivity index (χ4v) is 3.30. The van der Waals surface area contributed by atoms with E-state index in [1.165, 1.54) is 17.0 Å². The highest BCUT2D eigenvalue weighted by atomic mass is 79.9. The van der Waals surface area contributed by atoms with Crippen LogP contribution in [-0.2, 0) is 11.2 Å². The average molecular weight is 484 g/mol. The Morgan fingerprint density at radius 1 is 1.21 bits per heavy atom. The maximum Gasteiger partial charge on any atom is 0.346 e. The first-order valence-corrected chi connectivity index (χ1v) is 9.85. The number of imide groups is 1. The molecule has 0 saturated carbocycles. The number of urea groups is 2. The Morgan fingerprint density at radius 2 is 1.90 bits per heavy atom. The molecule has 29 heavy (non-hydrogen) atoms. The molecule has 0 spiro atoms. The van der Waals surface area contributed by atoms with E-state index in [0.29, 0.717) is 20.9 Å². The molecule has 5 amide bonds. The van der Waals surface area contributed by atoms with Crippen LogP contribution in [0.5, 0.6) is 0 Å². The summed E-state index contributed by atoms with van der Waals surface area (Å²) in [7, 11) is 0. The van der Waals surface area contributed by atoms with E-state index >= 15 is 0 Å². The smallest absolute Gasteiger partial charge is 0.311 e. The predicted molar refractivity (Wildman–Crippen MR) is 110 cm³/mol. The molecule has 2 aromatic carbocycles. The number of nitrogens with zero attached hydrogens (tertiary/aromatic N) is 2. The van der Waals surface area contributed by atoms with E-state index in [2.05, 4.69) is 26.7 Å². The zero-order valence-electron chi connectivity index (χ0n) is 15.3. The third-order valence-corrected chi connectivity index (χ3v) is 5.17. The molecule has 1 atom stereocenters. The van der Waals surface area contributed by atoms with Crippen LogP contribution in [0.25, 0.3) is 0 Å². The predicted octanol–water partition coefficient (Wildman–Crippen LogP) is 4.17. The number of halogens is 3. The minimum absolute atomic E-state index is 0.0857. The Morgan fingerprint density at radius 3 is 2.55 bits per heavy atom. The van der Waals surface area contributed by atoms with Gasteiger partial charge in [0, 0.05) is 16.0 Å². The highest BCUT2D eigenvalue weighted by molar-refractivity contribution is 9.10. The summed E-state index contributed by atoms with van der Waals surface area (Å²) in [5.74, 6) is -1.23. The van der Waals surface area contributed by atoms with Crippen molar-refractivity contribution in [3.05, 3.63) is 63.3 Å². The molecule has 0 bridgehead atoms. The maximum absolute atomic E-state index is 13.9. The van der Waals surface area contributed by atoms with Gasteiger partial charge in [-0.05, 0) is 49.2 Å². The zero-order chi connectivity index (χ0) is 21.1. The zero-order valence-corrected chi connectivity index (χ0v) is 17.6. The molecule has 0 aromatic heterocycles. The molecule has 3 rings (SSSR count). The van der Waals surface area contributed by atoms with Gasteiger partial charge in [-0.3, -0.25) is 4.79 Å². The molecular formula is C19H17BrClFN4O3. The Hall–Kier alpha value is -2.65. The molecule has 1 aliphatic rings. The van der Waals surface area contributed by atoms with Gasteiger partial charge in [-0.15, -0.1) is 0 Å². The third kappa shape index (κ3) is 4.86. The molecule has 2 N–H and O–H groups in total. The van der Waals surface area contributed by atoms with E-state index in [1.54, 1.807) is 25.1 Å². The summed E-state index contributed by atoms with van der Waals surface area (Å²) in [4.78, 5) is 38.5. The number of hydrogen-bond donors (Lipinski definition) is 2. The molecule has 0 radical (unpaired) electrons. The van der Waals surface area contributed by atoms with Gasteiger partial charge in [0.2, 0.25) is 0 Å². The summed E-state index contributed by atoms with van der Waals surface area (Å²) in [5, 5.41) is 3.52. The van der Waals surface area contributed by atoms with Crippen LogP contribution in [0.4, 0.5) is 19.7 Å². The lowest BCUT2D eigenvalue weighted by atomic mass is 10.1. The fraction of sp³-hybridized carbons (Fsp3) is 0.211. The van der Waals surface area contributed by atoms with Crippen LogP contribution in [0.3, 0.4) is 0 Å². The molecular weight excluding hydrogens is 467 g/mol. The van der Waals surface area contributed by atoms with E-state index in [-0.39, 0.29) is 12.2 Å². The maximum atomic E-state index is 13.9. The Bertz CT molecular complexity index is 957. The van der Waals surface area contributed by atoms with Gasteiger partial charge in [0.25, 0.3) is 5.91 Å². The SMILES string of the molecule is CC1C(=O)N(NC(=O)Nc2ccc(Br)cc2F)C(=O)N1CCc1ccc(Cl)cc1.